The van der Waals surface area contributed by atoms with E-state index in [1.54, 1.807) is 17.6 Å². The van der Waals surface area contributed by atoms with Crippen LogP contribution in [0.3, 0.4) is 0 Å². The predicted octanol–water partition coefficient (Wildman–Crippen LogP) is 2.79. The van der Waals surface area contributed by atoms with Crippen LogP contribution in [0.5, 0.6) is 0 Å². The van der Waals surface area contributed by atoms with Crippen molar-refractivity contribution < 1.29 is 19.2 Å². The topological polar surface area (TPSA) is 104 Å². The maximum absolute atomic E-state index is 12.0. The summed E-state index contributed by atoms with van der Waals surface area (Å²) >= 11 is 1.14. The number of nitrogens with zero attached hydrogens (tertiary/aromatic N) is 3. The van der Waals surface area contributed by atoms with Crippen molar-refractivity contribution in [2.75, 3.05) is 6.61 Å². The SMILES string of the molecule is CCCCC(=O)N=c1sc2cc([N+](=O)[O-])ccc2n1CC(=O)OCC. The molecular weight excluding hydrogens is 346 g/mol. The number of benzene rings is 1. The molecule has 0 saturated carbocycles. The molecule has 0 aliphatic carbocycles. The lowest BCUT2D eigenvalue weighted by molar-refractivity contribution is -0.384. The Hall–Kier alpha value is -2.55. The van der Waals surface area contributed by atoms with Crippen LogP contribution in [-0.2, 0) is 20.9 Å². The normalized spacial score (nSPS) is 11.7. The summed E-state index contributed by atoms with van der Waals surface area (Å²) in [5, 5.41) is 10.9. The molecular formula is C16H19N3O5S. The van der Waals surface area contributed by atoms with Crippen molar-refractivity contribution in [1.82, 2.24) is 4.57 Å². The molecule has 0 atom stereocenters. The number of ether oxygens (including phenoxy) is 1. The first-order valence-corrected chi connectivity index (χ1v) is 8.78. The zero-order chi connectivity index (χ0) is 18.4. The van der Waals surface area contributed by atoms with Gasteiger partial charge in [0.1, 0.15) is 6.54 Å². The summed E-state index contributed by atoms with van der Waals surface area (Å²) in [6, 6.07) is 4.33. The first kappa shape index (κ1) is 18.8. The molecule has 1 amide bonds. The fourth-order valence-electron chi connectivity index (χ4n) is 2.24. The van der Waals surface area contributed by atoms with E-state index in [9.17, 15) is 19.7 Å². The summed E-state index contributed by atoms with van der Waals surface area (Å²) in [4.78, 5) is 38.7. The molecule has 9 heteroatoms. The van der Waals surface area contributed by atoms with E-state index in [2.05, 4.69) is 4.99 Å². The van der Waals surface area contributed by atoms with Crippen molar-refractivity contribution >= 4 is 39.1 Å². The summed E-state index contributed by atoms with van der Waals surface area (Å²) in [6.07, 6.45) is 1.93. The van der Waals surface area contributed by atoms with Crippen LogP contribution in [-0.4, -0.2) is 28.0 Å². The standard InChI is InChI=1S/C16H19N3O5S/c1-3-5-6-14(20)17-16-18(10-15(21)24-4-2)12-8-7-11(19(22)23)9-13(12)25-16/h7-9H,3-6,10H2,1-2H3. The molecule has 1 aromatic carbocycles. The van der Waals surface area contributed by atoms with Gasteiger partial charge in [0.25, 0.3) is 5.69 Å². The predicted molar refractivity (Wildman–Crippen MR) is 93.2 cm³/mol. The molecule has 0 bridgehead atoms. The molecule has 1 aromatic heterocycles. The number of carbonyl (C=O) groups excluding carboxylic acids is 2. The lowest BCUT2D eigenvalue weighted by Gasteiger charge is -2.05. The van der Waals surface area contributed by atoms with E-state index in [4.69, 9.17) is 4.74 Å². The third-order valence-electron chi connectivity index (χ3n) is 3.43. The second-order valence-corrected chi connectivity index (χ2v) is 6.30. The number of nitro benzene ring substituents is 1. The van der Waals surface area contributed by atoms with Crippen LogP contribution in [0, 0.1) is 10.1 Å². The van der Waals surface area contributed by atoms with Gasteiger partial charge in [0.2, 0.25) is 5.91 Å². The van der Waals surface area contributed by atoms with Gasteiger partial charge in [0.05, 0.1) is 21.7 Å². The van der Waals surface area contributed by atoms with Gasteiger partial charge in [-0.25, -0.2) is 0 Å². The molecule has 0 radical (unpaired) electrons. The van der Waals surface area contributed by atoms with Gasteiger partial charge in [-0.15, -0.1) is 0 Å². The third-order valence-corrected chi connectivity index (χ3v) is 4.48. The van der Waals surface area contributed by atoms with Gasteiger partial charge in [0.15, 0.2) is 4.80 Å². The molecule has 0 unspecified atom stereocenters. The number of aromatic nitrogens is 1. The molecule has 0 aliphatic heterocycles. The smallest absolute Gasteiger partial charge is 0.326 e. The number of esters is 1. The lowest BCUT2D eigenvalue weighted by Crippen LogP contribution is -2.23. The molecule has 0 aliphatic rings. The molecule has 1 heterocycles. The molecule has 2 aromatic rings. The Morgan fingerprint density at radius 2 is 2.12 bits per heavy atom. The lowest BCUT2D eigenvalue weighted by atomic mass is 10.2. The summed E-state index contributed by atoms with van der Waals surface area (Å²) in [6.45, 7) is 3.82. The van der Waals surface area contributed by atoms with Crippen LogP contribution in [0.4, 0.5) is 5.69 Å². The van der Waals surface area contributed by atoms with Gasteiger partial charge < -0.3 is 9.30 Å². The average molecular weight is 365 g/mol. The molecule has 0 fully saturated rings. The Labute approximate surface area is 147 Å². The number of thiazole rings is 1. The van der Waals surface area contributed by atoms with Crippen molar-refractivity contribution in [3.8, 4) is 0 Å². The molecule has 8 nitrogen and oxygen atoms in total. The van der Waals surface area contributed by atoms with Crippen LogP contribution in [0.25, 0.3) is 10.2 Å². The average Bonchev–Trinajstić information content (AvgIpc) is 2.89. The van der Waals surface area contributed by atoms with Crippen molar-refractivity contribution in [2.45, 2.75) is 39.7 Å². The second-order valence-electron chi connectivity index (χ2n) is 5.29. The number of amides is 1. The molecule has 134 valence electrons. The van der Waals surface area contributed by atoms with Gasteiger partial charge in [-0.05, 0) is 19.4 Å². The van der Waals surface area contributed by atoms with Crippen LogP contribution in [0.2, 0.25) is 0 Å². The largest absolute Gasteiger partial charge is 0.465 e. The zero-order valence-electron chi connectivity index (χ0n) is 14.1. The number of rotatable bonds is 7. The minimum Gasteiger partial charge on any atom is -0.465 e. The Balaban J connectivity index is 2.52. The van der Waals surface area contributed by atoms with Crippen LogP contribution >= 0.6 is 11.3 Å². The third kappa shape index (κ3) is 4.72. The van der Waals surface area contributed by atoms with E-state index >= 15 is 0 Å². The van der Waals surface area contributed by atoms with Crippen molar-refractivity contribution in [3.05, 3.63) is 33.1 Å². The minimum absolute atomic E-state index is 0.0547. The number of nitro groups is 1. The van der Waals surface area contributed by atoms with E-state index in [0.717, 1.165) is 24.2 Å². The highest BCUT2D eigenvalue weighted by molar-refractivity contribution is 7.16. The van der Waals surface area contributed by atoms with Crippen molar-refractivity contribution in [2.24, 2.45) is 4.99 Å². The summed E-state index contributed by atoms with van der Waals surface area (Å²) in [5.41, 5.74) is 0.548. The van der Waals surface area contributed by atoms with Gasteiger partial charge >= 0.3 is 5.97 Å². The van der Waals surface area contributed by atoms with E-state index in [1.807, 2.05) is 6.92 Å². The van der Waals surface area contributed by atoms with Crippen LogP contribution < -0.4 is 4.80 Å². The van der Waals surface area contributed by atoms with Gasteiger partial charge in [0, 0.05) is 18.6 Å². The molecule has 25 heavy (non-hydrogen) atoms. The molecule has 0 spiro atoms. The summed E-state index contributed by atoms with van der Waals surface area (Å²) < 4.78 is 7.11. The number of fused-ring (bicyclic) bond motifs is 1. The van der Waals surface area contributed by atoms with E-state index in [-0.39, 0.29) is 24.7 Å². The van der Waals surface area contributed by atoms with Gasteiger partial charge in [-0.3, -0.25) is 19.7 Å². The second kappa shape index (κ2) is 8.52. The highest BCUT2D eigenvalue weighted by atomic mass is 32.1. The highest BCUT2D eigenvalue weighted by Crippen LogP contribution is 2.23. The number of unbranched alkanes of at least 4 members (excludes halogenated alkanes) is 1. The van der Waals surface area contributed by atoms with E-state index in [1.165, 1.54) is 12.1 Å². The molecule has 0 saturated heterocycles. The Morgan fingerprint density at radius 3 is 2.76 bits per heavy atom. The van der Waals surface area contributed by atoms with Crippen molar-refractivity contribution in [3.63, 3.8) is 0 Å². The first-order valence-electron chi connectivity index (χ1n) is 7.97. The monoisotopic (exact) mass is 365 g/mol. The van der Waals surface area contributed by atoms with Crippen LogP contribution in [0.1, 0.15) is 33.1 Å². The van der Waals surface area contributed by atoms with Gasteiger partial charge in [-0.2, -0.15) is 4.99 Å². The van der Waals surface area contributed by atoms with Crippen molar-refractivity contribution in [1.29, 1.82) is 0 Å². The van der Waals surface area contributed by atoms with Gasteiger partial charge in [-0.1, -0.05) is 24.7 Å². The Morgan fingerprint density at radius 1 is 1.36 bits per heavy atom. The Kier molecular flexibility index (Phi) is 6.40. The first-order chi connectivity index (χ1) is 12.0. The van der Waals surface area contributed by atoms with E-state index in [0.29, 0.717) is 21.4 Å². The summed E-state index contributed by atoms with van der Waals surface area (Å²) in [5.74, 6) is -0.733. The quantitative estimate of drug-likeness (QED) is 0.426. The fourth-order valence-corrected chi connectivity index (χ4v) is 3.32. The minimum atomic E-state index is -0.488. The van der Waals surface area contributed by atoms with Crippen LogP contribution in [0.15, 0.2) is 23.2 Å². The van der Waals surface area contributed by atoms with E-state index < -0.39 is 10.9 Å². The summed E-state index contributed by atoms with van der Waals surface area (Å²) in [7, 11) is 0. The number of non-ortho nitro benzene ring substituents is 1. The Bertz CT molecular complexity index is 868. The maximum atomic E-state index is 12.0. The zero-order valence-corrected chi connectivity index (χ0v) is 14.9. The number of hydrogen-bond donors (Lipinski definition) is 0. The number of hydrogen-bond acceptors (Lipinski definition) is 6. The molecule has 0 N–H and O–H groups in total. The fraction of sp³-hybridized carbons (Fsp3) is 0.438. The number of carbonyl (C=O) groups is 2. The highest BCUT2D eigenvalue weighted by Gasteiger charge is 2.15. The molecule has 2 rings (SSSR count). The maximum Gasteiger partial charge on any atom is 0.326 e.